The van der Waals surface area contributed by atoms with E-state index < -0.39 is 11.6 Å². The van der Waals surface area contributed by atoms with Crippen LogP contribution in [0.2, 0.25) is 0 Å². The molecule has 1 aromatic carbocycles. The predicted octanol–water partition coefficient (Wildman–Crippen LogP) is 3.30. The molecule has 2 rings (SSSR count). The summed E-state index contributed by atoms with van der Waals surface area (Å²) in [5.74, 6) is 0.460. The maximum absolute atomic E-state index is 11.9. The van der Waals surface area contributed by atoms with Gasteiger partial charge in [-0.2, -0.15) is 13.2 Å². The number of hydrogen-bond donors (Lipinski definition) is 1. The second-order valence-electron chi connectivity index (χ2n) is 4.02. The molecule has 0 aromatic heterocycles. The lowest BCUT2D eigenvalue weighted by atomic mass is 10.1. The minimum Gasteiger partial charge on any atom is -0.492 e. The zero-order valence-electron chi connectivity index (χ0n) is 9.54. The Hall–Kier alpha value is -0.880. The SMILES string of the molecule is OC1CCc2c(OCCSC(F)(F)F)cccc21. The summed E-state index contributed by atoms with van der Waals surface area (Å²) < 4.78 is 41.1. The van der Waals surface area contributed by atoms with Gasteiger partial charge >= 0.3 is 5.51 Å². The lowest BCUT2D eigenvalue weighted by Gasteiger charge is -2.11. The third kappa shape index (κ3) is 3.32. The van der Waals surface area contributed by atoms with E-state index in [0.29, 0.717) is 18.6 Å². The molecule has 1 aliphatic carbocycles. The average molecular weight is 278 g/mol. The van der Waals surface area contributed by atoms with Crippen molar-refractivity contribution in [2.45, 2.75) is 24.5 Å². The quantitative estimate of drug-likeness (QED) is 0.857. The number of rotatable bonds is 4. The van der Waals surface area contributed by atoms with E-state index in [0.717, 1.165) is 11.1 Å². The van der Waals surface area contributed by atoms with Crippen molar-refractivity contribution in [2.24, 2.45) is 0 Å². The molecule has 6 heteroatoms. The molecule has 1 atom stereocenters. The summed E-state index contributed by atoms with van der Waals surface area (Å²) in [5.41, 5.74) is -2.46. The number of benzene rings is 1. The molecule has 0 amide bonds. The van der Waals surface area contributed by atoms with Crippen LogP contribution in [0.25, 0.3) is 0 Å². The van der Waals surface area contributed by atoms with Crippen LogP contribution in [-0.2, 0) is 6.42 Å². The normalized spacial score (nSPS) is 18.8. The third-order valence-corrected chi connectivity index (χ3v) is 3.50. The summed E-state index contributed by atoms with van der Waals surface area (Å²) in [4.78, 5) is 0. The minimum absolute atomic E-state index is 0.0106. The Balaban J connectivity index is 1.91. The largest absolute Gasteiger partial charge is 0.492 e. The summed E-state index contributed by atoms with van der Waals surface area (Å²) in [5, 5.41) is 9.68. The van der Waals surface area contributed by atoms with E-state index in [1.54, 1.807) is 12.1 Å². The number of alkyl halides is 3. The number of aliphatic hydroxyl groups is 1. The summed E-state index contributed by atoms with van der Waals surface area (Å²) in [6.45, 7) is 0.0106. The zero-order chi connectivity index (χ0) is 13.2. The predicted molar refractivity (Wildman–Crippen MR) is 63.7 cm³/mol. The molecular weight excluding hydrogens is 265 g/mol. The van der Waals surface area contributed by atoms with Crippen LogP contribution in [-0.4, -0.2) is 23.0 Å². The Morgan fingerprint density at radius 3 is 2.89 bits per heavy atom. The van der Waals surface area contributed by atoms with Crippen molar-refractivity contribution in [3.63, 3.8) is 0 Å². The van der Waals surface area contributed by atoms with Crippen LogP contribution in [0.3, 0.4) is 0 Å². The molecule has 1 aromatic rings. The highest BCUT2D eigenvalue weighted by Gasteiger charge is 2.28. The molecule has 0 aliphatic heterocycles. The third-order valence-electron chi connectivity index (χ3n) is 2.80. The number of hydrogen-bond acceptors (Lipinski definition) is 3. The van der Waals surface area contributed by atoms with Crippen LogP contribution in [0.1, 0.15) is 23.7 Å². The van der Waals surface area contributed by atoms with Crippen molar-refractivity contribution < 1.29 is 23.0 Å². The van der Waals surface area contributed by atoms with Crippen LogP contribution < -0.4 is 4.74 Å². The number of thioether (sulfide) groups is 1. The lowest BCUT2D eigenvalue weighted by molar-refractivity contribution is -0.0329. The van der Waals surface area contributed by atoms with Crippen LogP contribution in [0.5, 0.6) is 5.75 Å². The first-order valence-electron chi connectivity index (χ1n) is 5.61. The molecule has 0 heterocycles. The molecule has 0 bridgehead atoms. The molecule has 1 aliphatic rings. The molecule has 2 nitrogen and oxygen atoms in total. The highest BCUT2D eigenvalue weighted by atomic mass is 32.2. The van der Waals surface area contributed by atoms with Crippen LogP contribution in [0.15, 0.2) is 18.2 Å². The van der Waals surface area contributed by atoms with Crippen LogP contribution in [0, 0.1) is 0 Å². The average Bonchev–Trinajstić information content (AvgIpc) is 2.67. The van der Waals surface area contributed by atoms with Gasteiger partial charge in [-0.15, -0.1) is 0 Å². The number of aliphatic hydroxyl groups excluding tert-OH is 1. The summed E-state index contributed by atoms with van der Waals surface area (Å²) in [6.07, 6.45) is 0.875. The van der Waals surface area contributed by atoms with E-state index in [1.165, 1.54) is 0 Å². The fraction of sp³-hybridized carbons (Fsp3) is 0.500. The molecule has 1 N–H and O–H groups in total. The Kier molecular flexibility index (Phi) is 4.07. The van der Waals surface area contributed by atoms with Crippen LogP contribution in [0.4, 0.5) is 13.2 Å². The minimum atomic E-state index is -4.21. The fourth-order valence-corrected chi connectivity index (χ4v) is 2.44. The summed E-state index contributed by atoms with van der Waals surface area (Å²) >= 11 is -0.0877. The fourth-order valence-electron chi connectivity index (χ4n) is 2.04. The Morgan fingerprint density at radius 2 is 2.17 bits per heavy atom. The first-order valence-corrected chi connectivity index (χ1v) is 6.59. The summed E-state index contributed by atoms with van der Waals surface area (Å²) in [6, 6.07) is 5.30. The van der Waals surface area contributed by atoms with Crippen molar-refractivity contribution in [3.05, 3.63) is 29.3 Å². The van der Waals surface area contributed by atoms with Crippen molar-refractivity contribution in [3.8, 4) is 5.75 Å². The van der Waals surface area contributed by atoms with E-state index >= 15 is 0 Å². The molecule has 0 saturated heterocycles. The number of fused-ring (bicyclic) bond motifs is 1. The van der Waals surface area contributed by atoms with E-state index in [-0.39, 0.29) is 24.1 Å². The molecular formula is C12H13F3O2S. The van der Waals surface area contributed by atoms with Crippen molar-refractivity contribution >= 4 is 11.8 Å². The molecule has 0 fully saturated rings. The number of halogens is 3. The molecule has 0 spiro atoms. The smallest absolute Gasteiger partial charge is 0.441 e. The molecule has 18 heavy (non-hydrogen) atoms. The Labute approximate surface area is 107 Å². The monoisotopic (exact) mass is 278 g/mol. The van der Waals surface area contributed by atoms with Crippen molar-refractivity contribution in [2.75, 3.05) is 12.4 Å². The number of ether oxygens (including phenoxy) is 1. The van der Waals surface area contributed by atoms with Gasteiger partial charge in [-0.1, -0.05) is 12.1 Å². The van der Waals surface area contributed by atoms with Crippen LogP contribution >= 0.6 is 11.8 Å². The van der Waals surface area contributed by atoms with Gasteiger partial charge in [0.2, 0.25) is 0 Å². The molecule has 0 saturated carbocycles. The summed E-state index contributed by atoms with van der Waals surface area (Å²) in [7, 11) is 0. The van der Waals surface area contributed by atoms with Gasteiger partial charge in [-0.05, 0) is 36.2 Å². The highest BCUT2D eigenvalue weighted by molar-refractivity contribution is 8.00. The second-order valence-corrected chi connectivity index (χ2v) is 5.18. The van der Waals surface area contributed by atoms with E-state index in [1.807, 2.05) is 6.07 Å². The van der Waals surface area contributed by atoms with Gasteiger partial charge in [0.05, 0.1) is 12.7 Å². The van der Waals surface area contributed by atoms with Gasteiger partial charge in [0, 0.05) is 11.3 Å². The van der Waals surface area contributed by atoms with E-state index in [2.05, 4.69) is 0 Å². The van der Waals surface area contributed by atoms with Gasteiger partial charge in [-0.3, -0.25) is 0 Å². The van der Waals surface area contributed by atoms with Gasteiger partial charge in [0.25, 0.3) is 0 Å². The first kappa shape index (κ1) is 13.5. The maximum Gasteiger partial charge on any atom is 0.441 e. The van der Waals surface area contributed by atoms with Gasteiger partial charge < -0.3 is 9.84 Å². The maximum atomic E-state index is 11.9. The highest BCUT2D eigenvalue weighted by Crippen LogP contribution is 2.37. The lowest BCUT2D eigenvalue weighted by Crippen LogP contribution is -2.08. The molecule has 100 valence electrons. The second kappa shape index (κ2) is 5.40. The van der Waals surface area contributed by atoms with Gasteiger partial charge in [0.15, 0.2) is 0 Å². The Bertz CT molecular complexity index is 420. The topological polar surface area (TPSA) is 29.5 Å². The zero-order valence-corrected chi connectivity index (χ0v) is 10.4. The van der Waals surface area contributed by atoms with E-state index in [9.17, 15) is 18.3 Å². The van der Waals surface area contributed by atoms with Gasteiger partial charge in [0.1, 0.15) is 5.75 Å². The van der Waals surface area contributed by atoms with E-state index in [4.69, 9.17) is 4.74 Å². The van der Waals surface area contributed by atoms with Crippen molar-refractivity contribution in [1.82, 2.24) is 0 Å². The molecule has 0 radical (unpaired) electrons. The molecule has 1 unspecified atom stereocenters. The van der Waals surface area contributed by atoms with Crippen molar-refractivity contribution in [1.29, 1.82) is 0 Å². The first-order chi connectivity index (χ1) is 8.47. The van der Waals surface area contributed by atoms with Gasteiger partial charge in [-0.25, -0.2) is 0 Å². The Morgan fingerprint density at radius 1 is 1.39 bits per heavy atom. The standard InChI is InChI=1S/C12H13F3O2S/c13-12(14,15)18-7-6-17-11-3-1-2-8-9(11)4-5-10(8)16/h1-3,10,16H,4-7H2.